The van der Waals surface area contributed by atoms with E-state index in [0.29, 0.717) is 5.91 Å². The molecule has 98 valence electrons. The van der Waals surface area contributed by atoms with Gasteiger partial charge in [0.25, 0.3) is 0 Å². The van der Waals surface area contributed by atoms with E-state index in [9.17, 15) is 4.79 Å². The van der Waals surface area contributed by atoms with Gasteiger partial charge in [0.15, 0.2) is 0 Å². The van der Waals surface area contributed by atoms with Crippen LogP contribution in [0, 0.1) is 0 Å². The van der Waals surface area contributed by atoms with Crippen LogP contribution in [0.2, 0.25) is 0 Å². The molecule has 2 heteroatoms. The summed E-state index contributed by atoms with van der Waals surface area (Å²) < 4.78 is 0. The number of fused-ring (bicyclic) bond motifs is 1. The van der Waals surface area contributed by atoms with Crippen molar-refractivity contribution >= 4 is 5.91 Å². The Kier molecular flexibility index (Phi) is 4.40. The molecule has 0 heterocycles. The average molecular weight is 245 g/mol. The van der Waals surface area contributed by atoms with Crippen LogP contribution in [0.1, 0.15) is 49.7 Å². The van der Waals surface area contributed by atoms with Crippen LogP contribution in [0.15, 0.2) is 24.3 Å². The van der Waals surface area contributed by atoms with E-state index in [1.807, 2.05) is 11.9 Å². The summed E-state index contributed by atoms with van der Waals surface area (Å²) in [6.45, 7) is 3.04. The van der Waals surface area contributed by atoms with Crippen molar-refractivity contribution in [2.45, 2.75) is 44.9 Å². The Morgan fingerprint density at radius 3 is 2.94 bits per heavy atom. The summed E-state index contributed by atoms with van der Waals surface area (Å²) in [5, 5.41) is 0. The smallest absolute Gasteiger partial charge is 0.229 e. The molecule has 0 saturated heterocycles. The predicted octanol–water partition coefficient (Wildman–Crippen LogP) is 3.37. The molecule has 0 saturated carbocycles. The van der Waals surface area contributed by atoms with Gasteiger partial charge in [0.2, 0.25) is 5.91 Å². The molecule has 1 aliphatic rings. The lowest BCUT2D eigenvalue weighted by atomic mass is 9.82. The van der Waals surface area contributed by atoms with Crippen molar-refractivity contribution in [3.8, 4) is 0 Å². The highest BCUT2D eigenvalue weighted by Crippen LogP contribution is 2.32. The maximum atomic E-state index is 12.5. The molecule has 2 nitrogen and oxygen atoms in total. The molecule has 0 N–H and O–H groups in total. The van der Waals surface area contributed by atoms with E-state index in [2.05, 4.69) is 31.2 Å². The number of nitrogens with zero attached hydrogens (tertiary/aromatic N) is 1. The van der Waals surface area contributed by atoms with Gasteiger partial charge in [-0.3, -0.25) is 4.79 Å². The summed E-state index contributed by atoms with van der Waals surface area (Å²) in [6.07, 6.45) is 5.50. The Bertz CT molecular complexity index is 413. The monoisotopic (exact) mass is 245 g/mol. The molecular weight excluding hydrogens is 222 g/mol. The largest absolute Gasteiger partial charge is 0.345 e. The molecule has 1 aromatic carbocycles. The van der Waals surface area contributed by atoms with Crippen LogP contribution in [0.25, 0.3) is 0 Å². The van der Waals surface area contributed by atoms with E-state index >= 15 is 0 Å². The number of rotatable bonds is 4. The quantitative estimate of drug-likeness (QED) is 0.796. The molecule has 0 aromatic heterocycles. The van der Waals surface area contributed by atoms with Gasteiger partial charge in [-0.05, 0) is 36.8 Å². The average Bonchev–Trinajstić information content (AvgIpc) is 2.43. The van der Waals surface area contributed by atoms with E-state index < -0.39 is 0 Å². The standard InChI is InChI=1S/C16H23NO/c1-3-4-12-17(2)16(18)15-11-7-9-13-8-5-6-10-14(13)15/h5-6,8,10,15H,3-4,7,9,11-12H2,1-2H3. The first kappa shape index (κ1) is 13.1. The van der Waals surface area contributed by atoms with Gasteiger partial charge in [0.05, 0.1) is 5.92 Å². The highest BCUT2D eigenvalue weighted by Gasteiger charge is 2.27. The highest BCUT2D eigenvalue weighted by atomic mass is 16.2. The fourth-order valence-electron chi connectivity index (χ4n) is 2.78. The first-order valence-corrected chi connectivity index (χ1v) is 7.06. The van der Waals surface area contributed by atoms with Crippen LogP contribution < -0.4 is 0 Å². The van der Waals surface area contributed by atoms with Gasteiger partial charge in [-0.25, -0.2) is 0 Å². The van der Waals surface area contributed by atoms with Crippen molar-refractivity contribution in [3.05, 3.63) is 35.4 Å². The van der Waals surface area contributed by atoms with Crippen molar-refractivity contribution in [2.75, 3.05) is 13.6 Å². The van der Waals surface area contributed by atoms with Crippen molar-refractivity contribution < 1.29 is 4.79 Å². The lowest BCUT2D eigenvalue weighted by Gasteiger charge is -2.28. The van der Waals surface area contributed by atoms with E-state index in [4.69, 9.17) is 0 Å². The third-order valence-corrected chi connectivity index (χ3v) is 3.89. The number of hydrogen-bond donors (Lipinski definition) is 0. The molecule has 18 heavy (non-hydrogen) atoms. The molecule has 1 unspecified atom stereocenters. The fourth-order valence-corrected chi connectivity index (χ4v) is 2.78. The molecule has 0 spiro atoms. The van der Waals surface area contributed by atoms with Gasteiger partial charge in [-0.1, -0.05) is 37.6 Å². The summed E-state index contributed by atoms with van der Waals surface area (Å²) in [5.41, 5.74) is 2.63. The predicted molar refractivity (Wildman–Crippen MR) is 74.7 cm³/mol. The molecule has 1 amide bonds. The topological polar surface area (TPSA) is 20.3 Å². The number of hydrogen-bond acceptors (Lipinski definition) is 1. The summed E-state index contributed by atoms with van der Waals surface area (Å²) in [6, 6.07) is 8.43. The van der Waals surface area contributed by atoms with Gasteiger partial charge in [0.1, 0.15) is 0 Å². The molecule has 0 bridgehead atoms. The van der Waals surface area contributed by atoms with Crippen molar-refractivity contribution in [2.24, 2.45) is 0 Å². The molecule has 0 fully saturated rings. The second-order valence-corrected chi connectivity index (χ2v) is 5.26. The maximum absolute atomic E-state index is 12.5. The number of amides is 1. The number of carbonyl (C=O) groups excluding carboxylic acids is 1. The Balaban J connectivity index is 2.12. The van der Waals surface area contributed by atoms with Crippen molar-refractivity contribution in [1.29, 1.82) is 0 Å². The molecule has 0 aliphatic heterocycles. The fraction of sp³-hybridized carbons (Fsp3) is 0.562. The summed E-state index contributed by atoms with van der Waals surface area (Å²) in [5.74, 6) is 0.396. The van der Waals surface area contributed by atoms with E-state index in [0.717, 1.165) is 38.6 Å². The lowest BCUT2D eigenvalue weighted by molar-refractivity contribution is -0.131. The minimum atomic E-state index is 0.0943. The maximum Gasteiger partial charge on any atom is 0.229 e. The van der Waals surface area contributed by atoms with Gasteiger partial charge >= 0.3 is 0 Å². The third-order valence-electron chi connectivity index (χ3n) is 3.89. The van der Waals surface area contributed by atoms with Gasteiger partial charge in [-0.15, -0.1) is 0 Å². The first-order valence-electron chi connectivity index (χ1n) is 7.06. The number of carbonyl (C=O) groups is 1. The third kappa shape index (κ3) is 2.74. The Labute approximate surface area is 110 Å². The van der Waals surface area contributed by atoms with Crippen LogP contribution in [0.3, 0.4) is 0 Å². The van der Waals surface area contributed by atoms with Crippen molar-refractivity contribution in [1.82, 2.24) is 4.90 Å². The first-order chi connectivity index (χ1) is 8.74. The summed E-state index contributed by atoms with van der Waals surface area (Å²) >= 11 is 0. The number of unbranched alkanes of at least 4 members (excludes halogenated alkanes) is 1. The Morgan fingerprint density at radius 2 is 2.17 bits per heavy atom. The van der Waals surface area contributed by atoms with Crippen LogP contribution in [0.4, 0.5) is 0 Å². The van der Waals surface area contributed by atoms with Crippen molar-refractivity contribution in [3.63, 3.8) is 0 Å². The number of benzene rings is 1. The molecular formula is C16H23NO. The van der Waals surface area contributed by atoms with Gasteiger partial charge in [0, 0.05) is 13.6 Å². The SMILES string of the molecule is CCCCN(C)C(=O)C1CCCc2ccccc21. The van der Waals surface area contributed by atoms with Gasteiger partial charge < -0.3 is 4.90 Å². The Morgan fingerprint density at radius 1 is 1.39 bits per heavy atom. The number of likely N-dealkylation sites (N-methyl/N-ethyl adjacent to an activating group) is 1. The summed E-state index contributed by atoms with van der Waals surface area (Å²) in [4.78, 5) is 14.4. The second-order valence-electron chi connectivity index (χ2n) is 5.26. The highest BCUT2D eigenvalue weighted by molar-refractivity contribution is 5.84. The van der Waals surface area contributed by atoms with E-state index in [1.165, 1.54) is 11.1 Å². The second kappa shape index (κ2) is 6.03. The van der Waals surface area contributed by atoms with E-state index in [-0.39, 0.29) is 5.92 Å². The normalized spacial score (nSPS) is 18.2. The molecule has 1 atom stereocenters. The molecule has 2 rings (SSSR count). The van der Waals surface area contributed by atoms with Crippen LogP contribution in [-0.4, -0.2) is 24.4 Å². The molecule has 1 aromatic rings. The zero-order valence-electron chi connectivity index (χ0n) is 11.5. The molecule has 1 aliphatic carbocycles. The van der Waals surface area contributed by atoms with Crippen LogP contribution in [0.5, 0.6) is 0 Å². The molecule has 0 radical (unpaired) electrons. The summed E-state index contributed by atoms with van der Waals surface area (Å²) in [7, 11) is 1.94. The van der Waals surface area contributed by atoms with Gasteiger partial charge in [-0.2, -0.15) is 0 Å². The minimum absolute atomic E-state index is 0.0943. The van der Waals surface area contributed by atoms with E-state index in [1.54, 1.807) is 0 Å². The zero-order chi connectivity index (χ0) is 13.0. The Hall–Kier alpha value is -1.31. The van der Waals surface area contributed by atoms with Crippen LogP contribution in [-0.2, 0) is 11.2 Å². The van der Waals surface area contributed by atoms with Crippen LogP contribution >= 0.6 is 0 Å². The number of aryl methyl sites for hydroxylation is 1. The lowest BCUT2D eigenvalue weighted by Crippen LogP contribution is -2.34. The minimum Gasteiger partial charge on any atom is -0.345 e. The zero-order valence-corrected chi connectivity index (χ0v) is 11.5.